The Morgan fingerprint density at radius 2 is 0.955 bits per heavy atom. The third-order valence-electron chi connectivity index (χ3n) is 8.82. The number of rotatable bonds is 4. The molecule has 1 unspecified atom stereocenters. The molecule has 0 aliphatic carbocycles. The van der Waals surface area contributed by atoms with Gasteiger partial charge in [-0.1, -0.05) is 121 Å². The highest BCUT2D eigenvalue weighted by Gasteiger charge is 2.28. The van der Waals surface area contributed by atoms with Crippen molar-refractivity contribution < 1.29 is 4.74 Å². The molecule has 208 valence electrons. The second-order valence-corrected chi connectivity index (χ2v) is 11.4. The normalized spacial score (nSPS) is 14.0. The topological polar surface area (TPSA) is 24.5 Å². The van der Waals surface area contributed by atoms with Crippen molar-refractivity contribution in [2.24, 2.45) is 0 Å². The minimum absolute atomic E-state index is 0.249. The summed E-state index contributed by atoms with van der Waals surface area (Å²) in [5.74, 6) is 0.895. The Bertz CT molecular complexity index is 2280. The first-order valence-corrected chi connectivity index (χ1v) is 15.0. The first kappa shape index (κ1) is 24.8. The quantitative estimate of drug-likeness (QED) is 0.215. The van der Waals surface area contributed by atoms with E-state index in [0.717, 1.165) is 39.4 Å². The molecule has 1 aliphatic heterocycles. The molecule has 0 spiro atoms. The zero-order valence-corrected chi connectivity index (χ0v) is 23.9. The van der Waals surface area contributed by atoms with Gasteiger partial charge < -0.3 is 15.0 Å². The fourth-order valence-electron chi connectivity index (χ4n) is 6.69. The zero-order chi connectivity index (χ0) is 29.0. The Morgan fingerprint density at radius 3 is 1.64 bits per heavy atom. The van der Waals surface area contributed by atoms with Gasteiger partial charge >= 0.3 is 0 Å². The van der Waals surface area contributed by atoms with Gasteiger partial charge in [-0.2, -0.15) is 0 Å². The van der Waals surface area contributed by atoms with E-state index in [1.165, 1.54) is 37.7 Å². The monoisotopic (exact) mass is 564 g/mol. The van der Waals surface area contributed by atoms with Gasteiger partial charge in [0, 0.05) is 33.4 Å². The van der Waals surface area contributed by atoms with E-state index < -0.39 is 0 Å². The lowest BCUT2D eigenvalue weighted by Crippen LogP contribution is -2.10. The molecule has 8 aromatic carbocycles. The summed E-state index contributed by atoms with van der Waals surface area (Å²) in [4.78, 5) is 2.36. The maximum Gasteiger partial charge on any atom is 0.196 e. The van der Waals surface area contributed by atoms with Crippen LogP contribution < -0.4 is 15.0 Å². The Morgan fingerprint density at radius 1 is 0.432 bits per heavy atom. The fraction of sp³-hybridized carbons (Fsp3) is 0.0244. The lowest BCUT2D eigenvalue weighted by molar-refractivity contribution is 0.262. The molecule has 0 fully saturated rings. The molecule has 3 nitrogen and oxygen atoms in total. The van der Waals surface area contributed by atoms with Crippen molar-refractivity contribution in [2.75, 3.05) is 10.2 Å². The highest BCUT2D eigenvalue weighted by molar-refractivity contribution is 6.18. The van der Waals surface area contributed by atoms with E-state index in [9.17, 15) is 0 Å². The van der Waals surface area contributed by atoms with Crippen LogP contribution in [0, 0.1) is 0 Å². The van der Waals surface area contributed by atoms with Crippen LogP contribution in [0.1, 0.15) is 11.8 Å². The van der Waals surface area contributed by atoms with E-state index >= 15 is 0 Å². The second kappa shape index (κ2) is 9.89. The molecule has 0 radical (unpaired) electrons. The molecule has 44 heavy (non-hydrogen) atoms. The Labute approximate surface area is 255 Å². The summed E-state index contributed by atoms with van der Waals surface area (Å²) in [7, 11) is 0. The van der Waals surface area contributed by atoms with E-state index in [4.69, 9.17) is 4.74 Å². The third-order valence-corrected chi connectivity index (χ3v) is 8.82. The Balaban J connectivity index is 1.28. The van der Waals surface area contributed by atoms with Crippen LogP contribution in [0.2, 0.25) is 0 Å². The first-order chi connectivity index (χ1) is 21.8. The van der Waals surface area contributed by atoms with Crippen LogP contribution in [-0.2, 0) is 0 Å². The molecule has 9 rings (SSSR count). The lowest BCUT2D eigenvalue weighted by Gasteiger charge is -2.27. The molecule has 8 aromatic rings. The van der Waals surface area contributed by atoms with Gasteiger partial charge in [0.1, 0.15) is 0 Å². The van der Waals surface area contributed by atoms with Crippen molar-refractivity contribution in [1.82, 2.24) is 0 Å². The molecule has 1 aliphatic rings. The molecule has 3 heteroatoms. The van der Waals surface area contributed by atoms with Crippen molar-refractivity contribution in [3.8, 4) is 5.75 Å². The average Bonchev–Trinajstić information content (AvgIpc) is 3.55. The van der Waals surface area contributed by atoms with Crippen molar-refractivity contribution in [3.63, 3.8) is 0 Å². The predicted molar refractivity (Wildman–Crippen MR) is 185 cm³/mol. The van der Waals surface area contributed by atoms with Gasteiger partial charge in [-0.3, -0.25) is 0 Å². The lowest BCUT2D eigenvalue weighted by atomic mass is 9.98. The third kappa shape index (κ3) is 3.98. The van der Waals surface area contributed by atoms with Crippen LogP contribution in [0.3, 0.4) is 0 Å². The van der Waals surface area contributed by atoms with Gasteiger partial charge in [0.05, 0.1) is 5.69 Å². The van der Waals surface area contributed by atoms with Gasteiger partial charge in [-0.15, -0.1) is 0 Å². The number of benzene rings is 8. The first-order valence-electron chi connectivity index (χ1n) is 15.0. The van der Waals surface area contributed by atoms with Crippen molar-refractivity contribution in [1.29, 1.82) is 0 Å². The molecule has 0 amide bonds. The number of anilines is 4. The fourth-order valence-corrected chi connectivity index (χ4v) is 6.69. The van der Waals surface area contributed by atoms with Crippen LogP contribution in [0.5, 0.6) is 5.75 Å². The molecule has 1 N–H and O–H groups in total. The summed E-state index contributed by atoms with van der Waals surface area (Å²) in [6.45, 7) is 0. The van der Waals surface area contributed by atoms with Gasteiger partial charge in [0.15, 0.2) is 12.0 Å². The van der Waals surface area contributed by atoms with E-state index in [2.05, 4.69) is 162 Å². The summed E-state index contributed by atoms with van der Waals surface area (Å²) in [6.07, 6.45) is -0.249. The summed E-state index contributed by atoms with van der Waals surface area (Å²) in [5, 5.41) is 13.2. The predicted octanol–water partition coefficient (Wildman–Crippen LogP) is 11.3. The van der Waals surface area contributed by atoms with Crippen LogP contribution in [0.15, 0.2) is 158 Å². The molecule has 1 heterocycles. The minimum Gasteiger partial charge on any atom is -0.464 e. The second-order valence-electron chi connectivity index (χ2n) is 11.4. The molecule has 0 saturated heterocycles. The van der Waals surface area contributed by atoms with Crippen molar-refractivity contribution in [2.45, 2.75) is 6.23 Å². The number of nitrogens with one attached hydrogen (secondary N) is 1. The number of nitrogens with zero attached hydrogens (tertiary/aromatic N) is 1. The van der Waals surface area contributed by atoms with Gasteiger partial charge in [0.25, 0.3) is 0 Å². The van der Waals surface area contributed by atoms with Gasteiger partial charge in [-0.25, -0.2) is 0 Å². The molecule has 1 atom stereocenters. The highest BCUT2D eigenvalue weighted by atomic mass is 16.5. The average molecular weight is 565 g/mol. The van der Waals surface area contributed by atoms with Gasteiger partial charge in [0.2, 0.25) is 0 Å². The van der Waals surface area contributed by atoms with E-state index in [1.54, 1.807) is 0 Å². The summed E-state index contributed by atoms with van der Waals surface area (Å²) in [5.41, 5.74) is 5.44. The summed E-state index contributed by atoms with van der Waals surface area (Å²) >= 11 is 0. The molecular formula is C41H28N2O. The summed E-state index contributed by atoms with van der Waals surface area (Å²) in [6, 6.07) is 56.3. The highest BCUT2D eigenvalue weighted by Crippen LogP contribution is 2.50. The Kier molecular flexibility index (Phi) is 5.57. The Hall–Kier alpha value is -5.80. The molecular weight excluding hydrogens is 536 g/mol. The number of hydrogen-bond donors (Lipinski definition) is 1. The molecule has 0 saturated carbocycles. The van der Waals surface area contributed by atoms with Crippen LogP contribution in [0.4, 0.5) is 22.7 Å². The zero-order valence-electron chi connectivity index (χ0n) is 23.9. The smallest absolute Gasteiger partial charge is 0.196 e. The SMILES string of the molecule is c1ccc(C2Nc3c(c4cc(N(c5ccc6ccccc6c5)c5ccc6ccccc6c5)ccc4c4ccccc34)O2)cc1. The maximum absolute atomic E-state index is 6.75. The minimum atomic E-state index is -0.249. The van der Waals surface area contributed by atoms with Crippen LogP contribution >= 0.6 is 0 Å². The number of hydrogen-bond acceptors (Lipinski definition) is 3. The largest absolute Gasteiger partial charge is 0.464 e. The number of fused-ring (bicyclic) bond motifs is 8. The molecule has 0 aromatic heterocycles. The van der Waals surface area contributed by atoms with Crippen molar-refractivity contribution >= 4 is 65.8 Å². The van der Waals surface area contributed by atoms with Gasteiger partial charge in [-0.05, 0) is 68.7 Å². The molecule has 0 bridgehead atoms. The van der Waals surface area contributed by atoms with Crippen LogP contribution in [0.25, 0.3) is 43.1 Å². The van der Waals surface area contributed by atoms with E-state index in [0.29, 0.717) is 0 Å². The van der Waals surface area contributed by atoms with Crippen LogP contribution in [-0.4, -0.2) is 0 Å². The number of ether oxygens (including phenoxy) is 1. The standard InChI is InChI=1S/C41H28N2O/c1-2-12-29(13-3-1)41-42-39-37-17-9-8-16-35(37)36-23-22-34(26-38(36)40(39)44-41)43(32-20-18-27-10-4-6-14-30(27)24-32)33-21-19-28-11-5-7-15-31(28)25-33/h1-26,41-42H. The summed E-state index contributed by atoms with van der Waals surface area (Å²) < 4.78 is 6.75. The van der Waals surface area contributed by atoms with E-state index in [1.807, 2.05) is 6.07 Å². The van der Waals surface area contributed by atoms with Crippen molar-refractivity contribution in [3.05, 3.63) is 163 Å². The van der Waals surface area contributed by atoms with E-state index in [-0.39, 0.29) is 6.23 Å². The maximum atomic E-state index is 6.75.